The molecule has 1 aromatic heterocycles. The predicted octanol–water partition coefficient (Wildman–Crippen LogP) is 3.19. The Morgan fingerprint density at radius 1 is 1.18 bits per heavy atom. The fourth-order valence-corrected chi connectivity index (χ4v) is 1.29. The largest absolute Gasteiger partial charge is 0.507 e. The van der Waals surface area contributed by atoms with E-state index in [9.17, 15) is 5.11 Å². The quantitative estimate of drug-likeness (QED) is 0.683. The summed E-state index contributed by atoms with van der Waals surface area (Å²) in [5, 5.41) is 10.1. The van der Waals surface area contributed by atoms with Crippen molar-refractivity contribution in [2.75, 3.05) is 0 Å². The molecule has 1 radical (unpaired) electrons. The minimum Gasteiger partial charge on any atom is -0.507 e. The monoisotopic (exact) mass is 295 g/mol. The Balaban J connectivity index is 0.00000144. The van der Waals surface area contributed by atoms with Gasteiger partial charge in [-0.25, -0.2) is 9.98 Å². The molecule has 91 valence electrons. The first-order chi connectivity index (χ1) is 7.75. The van der Waals surface area contributed by atoms with Crippen molar-refractivity contribution in [1.29, 1.82) is 0 Å². The topological polar surface area (TPSA) is 45.5 Å². The van der Waals surface area contributed by atoms with E-state index in [0.29, 0.717) is 16.4 Å². The van der Waals surface area contributed by atoms with Gasteiger partial charge >= 0.3 is 0 Å². The first-order valence-corrected chi connectivity index (χ1v) is 5.07. The molecule has 0 spiro atoms. The summed E-state index contributed by atoms with van der Waals surface area (Å²) in [5.74, 6) is 0.743. The molecule has 2 aromatic rings. The SMILES string of the molecule is Oc1ccccc1C=Nc1ccc(Cl)cn1.[Cu]. The summed E-state index contributed by atoms with van der Waals surface area (Å²) < 4.78 is 0. The van der Waals surface area contributed by atoms with E-state index in [1.165, 1.54) is 6.20 Å². The van der Waals surface area contributed by atoms with Gasteiger partial charge in [-0.2, -0.15) is 0 Å². The fourth-order valence-electron chi connectivity index (χ4n) is 1.18. The van der Waals surface area contributed by atoms with Gasteiger partial charge in [-0.3, -0.25) is 0 Å². The molecule has 1 N–H and O–H groups in total. The minimum atomic E-state index is 0. The molecule has 0 atom stereocenters. The maximum Gasteiger partial charge on any atom is 0.151 e. The average Bonchev–Trinajstić information content (AvgIpc) is 2.30. The Morgan fingerprint density at radius 2 is 1.94 bits per heavy atom. The Kier molecular flexibility index (Phi) is 5.16. The molecule has 1 heterocycles. The summed E-state index contributed by atoms with van der Waals surface area (Å²) in [5.41, 5.74) is 0.652. The summed E-state index contributed by atoms with van der Waals surface area (Å²) >= 11 is 5.70. The number of hydrogen-bond acceptors (Lipinski definition) is 3. The molecule has 0 amide bonds. The Hall–Kier alpha value is -1.35. The van der Waals surface area contributed by atoms with E-state index in [-0.39, 0.29) is 22.8 Å². The van der Waals surface area contributed by atoms with Crippen LogP contribution in [-0.2, 0) is 17.1 Å². The van der Waals surface area contributed by atoms with E-state index in [2.05, 4.69) is 9.98 Å². The van der Waals surface area contributed by atoms with Crippen molar-refractivity contribution >= 4 is 23.6 Å². The summed E-state index contributed by atoms with van der Waals surface area (Å²) in [6.07, 6.45) is 3.09. The number of hydrogen-bond donors (Lipinski definition) is 1. The van der Waals surface area contributed by atoms with Crippen LogP contribution in [0.15, 0.2) is 47.6 Å². The Labute approximate surface area is 115 Å². The van der Waals surface area contributed by atoms with Gasteiger partial charge in [-0.05, 0) is 24.3 Å². The average molecular weight is 296 g/mol. The van der Waals surface area contributed by atoms with Crippen LogP contribution in [0.3, 0.4) is 0 Å². The van der Waals surface area contributed by atoms with E-state index >= 15 is 0 Å². The van der Waals surface area contributed by atoms with E-state index < -0.39 is 0 Å². The van der Waals surface area contributed by atoms with Crippen molar-refractivity contribution in [3.63, 3.8) is 0 Å². The predicted molar refractivity (Wildman–Crippen MR) is 64.6 cm³/mol. The van der Waals surface area contributed by atoms with Gasteiger partial charge in [-0.15, -0.1) is 0 Å². The summed E-state index contributed by atoms with van der Waals surface area (Å²) in [4.78, 5) is 8.14. The normalized spacial score (nSPS) is 10.2. The zero-order chi connectivity index (χ0) is 11.4. The van der Waals surface area contributed by atoms with Gasteiger partial charge in [0, 0.05) is 35.0 Å². The molecular weight excluding hydrogens is 287 g/mol. The molecule has 0 aliphatic carbocycles. The number of aliphatic imine (C=N–C) groups is 1. The van der Waals surface area contributed by atoms with Crippen LogP contribution in [0, 0.1) is 0 Å². The maximum atomic E-state index is 9.50. The molecule has 0 saturated heterocycles. The van der Waals surface area contributed by atoms with Crippen LogP contribution in [-0.4, -0.2) is 16.3 Å². The zero-order valence-electron chi connectivity index (χ0n) is 8.64. The van der Waals surface area contributed by atoms with Crippen LogP contribution in [0.2, 0.25) is 5.02 Å². The number of aromatic nitrogens is 1. The van der Waals surface area contributed by atoms with Crippen LogP contribution >= 0.6 is 11.6 Å². The molecule has 0 aliphatic heterocycles. The van der Waals surface area contributed by atoms with Gasteiger partial charge in [0.1, 0.15) is 5.75 Å². The molecule has 0 bridgehead atoms. The molecule has 17 heavy (non-hydrogen) atoms. The van der Waals surface area contributed by atoms with Crippen molar-refractivity contribution in [2.45, 2.75) is 0 Å². The minimum absolute atomic E-state index is 0. The number of aromatic hydroxyl groups is 1. The first kappa shape index (κ1) is 13.7. The van der Waals surface area contributed by atoms with Crippen molar-refractivity contribution < 1.29 is 22.2 Å². The van der Waals surface area contributed by atoms with Crippen LogP contribution in [0.25, 0.3) is 0 Å². The Bertz CT molecular complexity index is 514. The number of nitrogens with zero attached hydrogens (tertiary/aromatic N) is 2. The number of phenols is 1. The number of pyridine rings is 1. The fraction of sp³-hybridized carbons (Fsp3) is 0. The second-order valence-electron chi connectivity index (χ2n) is 3.15. The molecule has 0 saturated carbocycles. The van der Waals surface area contributed by atoms with Gasteiger partial charge < -0.3 is 5.11 Å². The van der Waals surface area contributed by atoms with E-state index in [1.807, 2.05) is 6.07 Å². The third-order valence-electron chi connectivity index (χ3n) is 1.98. The molecular formula is C12H9ClCuN2O. The van der Waals surface area contributed by atoms with E-state index in [1.54, 1.807) is 36.5 Å². The van der Waals surface area contributed by atoms with E-state index in [0.717, 1.165) is 0 Å². The number of phenolic OH excluding ortho intramolecular Hbond substituents is 1. The summed E-state index contributed by atoms with van der Waals surface area (Å²) in [6, 6.07) is 10.4. The van der Waals surface area contributed by atoms with Crippen molar-refractivity contribution in [3.05, 3.63) is 53.2 Å². The van der Waals surface area contributed by atoms with Gasteiger partial charge in [-0.1, -0.05) is 23.7 Å². The second kappa shape index (κ2) is 6.40. The van der Waals surface area contributed by atoms with Gasteiger partial charge in [0.2, 0.25) is 0 Å². The smallest absolute Gasteiger partial charge is 0.151 e. The van der Waals surface area contributed by atoms with Gasteiger partial charge in [0.05, 0.1) is 5.02 Å². The molecule has 0 aliphatic rings. The summed E-state index contributed by atoms with van der Waals surface area (Å²) in [6.45, 7) is 0. The third kappa shape index (κ3) is 3.86. The molecule has 3 nitrogen and oxygen atoms in total. The molecule has 2 rings (SSSR count). The van der Waals surface area contributed by atoms with Gasteiger partial charge in [0.15, 0.2) is 5.82 Å². The van der Waals surface area contributed by atoms with Crippen LogP contribution in [0.5, 0.6) is 5.75 Å². The molecule has 5 heteroatoms. The van der Waals surface area contributed by atoms with E-state index in [4.69, 9.17) is 11.6 Å². The maximum absolute atomic E-state index is 9.50. The number of para-hydroxylation sites is 1. The van der Waals surface area contributed by atoms with Gasteiger partial charge in [0.25, 0.3) is 0 Å². The van der Waals surface area contributed by atoms with Crippen LogP contribution in [0.4, 0.5) is 5.82 Å². The van der Waals surface area contributed by atoms with Crippen LogP contribution < -0.4 is 0 Å². The molecule has 0 unspecified atom stereocenters. The molecule has 0 fully saturated rings. The van der Waals surface area contributed by atoms with Crippen molar-refractivity contribution in [2.24, 2.45) is 4.99 Å². The molecule has 1 aromatic carbocycles. The third-order valence-corrected chi connectivity index (χ3v) is 2.21. The van der Waals surface area contributed by atoms with Crippen molar-refractivity contribution in [1.82, 2.24) is 4.98 Å². The van der Waals surface area contributed by atoms with Crippen LogP contribution in [0.1, 0.15) is 5.56 Å². The summed E-state index contributed by atoms with van der Waals surface area (Å²) in [7, 11) is 0. The standard InChI is InChI=1S/C12H9ClN2O.Cu/c13-10-5-6-12(15-8-10)14-7-9-3-1-2-4-11(9)16;/h1-8,16H;. The van der Waals surface area contributed by atoms with Crippen molar-refractivity contribution in [3.8, 4) is 5.75 Å². The second-order valence-corrected chi connectivity index (χ2v) is 3.59. The number of halogens is 1. The Morgan fingerprint density at radius 3 is 2.59 bits per heavy atom. The zero-order valence-corrected chi connectivity index (χ0v) is 10.3. The first-order valence-electron chi connectivity index (χ1n) is 4.69. The number of rotatable bonds is 2. The number of benzene rings is 1.